The van der Waals surface area contributed by atoms with Crippen molar-refractivity contribution in [3.63, 3.8) is 0 Å². The summed E-state index contributed by atoms with van der Waals surface area (Å²) in [5.41, 5.74) is 9.15. The van der Waals surface area contributed by atoms with Gasteiger partial charge in [-0.3, -0.25) is 9.69 Å². The highest BCUT2D eigenvalue weighted by Crippen LogP contribution is 2.24. The van der Waals surface area contributed by atoms with Crippen LogP contribution in [0, 0.1) is 13.8 Å². The normalized spacial score (nSPS) is 21.6. The molecule has 19 heavy (non-hydrogen) atoms. The quantitative estimate of drug-likeness (QED) is 0.873. The lowest BCUT2D eigenvalue weighted by Crippen LogP contribution is -2.48. The molecule has 0 bridgehead atoms. The Balaban J connectivity index is 2.34. The average Bonchev–Trinajstić information content (AvgIpc) is 2.49. The fourth-order valence-electron chi connectivity index (χ4n) is 2.74. The monoisotopic (exact) mass is 261 g/mol. The predicted octanol–water partition coefficient (Wildman–Crippen LogP) is 1.30. The summed E-state index contributed by atoms with van der Waals surface area (Å²) in [6.45, 7) is 6.18. The van der Waals surface area contributed by atoms with E-state index in [0.717, 1.165) is 30.8 Å². The first-order valence-electron chi connectivity index (χ1n) is 6.83. The highest BCUT2D eigenvalue weighted by Gasteiger charge is 2.30. The second-order valence-electron chi connectivity index (χ2n) is 5.37. The van der Waals surface area contributed by atoms with Crippen LogP contribution >= 0.6 is 0 Å². The molecule has 1 saturated heterocycles. The van der Waals surface area contributed by atoms with Gasteiger partial charge in [0.1, 0.15) is 6.04 Å². The molecule has 0 aliphatic carbocycles. The Labute approximate surface area is 115 Å². The molecule has 0 aromatic heterocycles. The van der Waals surface area contributed by atoms with E-state index in [1.807, 2.05) is 18.0 Å². The van der Waals surface area contributed by atoms with Crippen LogP contribution in [0.15, 0.2) is 18.2 Å². The molecule has 1 aromatic carbocycles. The Kier molecular flexibility index (Phi) is 4.22. The molecule has 1 aliphatic heterocycles. The minimum Gasteiger partial charge on any atom is -0.328 e. The summed E-state index contributed by atoms with van der Waals surface area (Å²) in [5, 5.41) is 0. The zero-order valence-corrected chi connectivity index (χ0v) is 12.0. The molecule has 0 spiro atoms. The summed E-state index contributed by atoms with van der Waals surface area (Å²) in [6.07, 6.45) is 0.978. The van der Waals surface area contributed by atoms with Crippen molar-refractivity contribution in [1.82, 2.24) is 4.90 Å². The summed E-state index contributed by atoms with van der Waals surface area (Å²) in [4.78, 5) is 16.6. The van der Waals surface area contributed by atoms with E-state index in [-0.39, 0.29) is 11.9 Å². The van der Waals surface area contributed by atoms with Crippen LogP contribution in [0.4, 0.5) is 5.69 Å². The molecular weight excluding hydrogens is 238 g/mol. The van der Waals surface area contributed by atoms with Crippen molar-refractivity contribution in [3.05, 3.63) is 29.3 Å². The molecule has 2 N–H and O–H groups in total. The molecule has 104 valence electrons. The van der Waals surface area contributed by atoms with Gasteiger partial charge in [-0.1, -0.05) is 17.7 Å². The predicted molar refractivity (Wildman–Crippen MR) is 78.4 cm³/mol. The van der Waals surface area contributed by atoms with Crippen LogP contribution in [-0.2, 0) is 4.79 Å². The molecule has 4 nitrogen and oxygen atoms in total. The van der Waals surface area contributed by atoms with E-state index in [9.17, 15) is 4.79 Å². The van der Waals surface area contributed by atoms with E-state index < -0.39 is 0 Å². The maximum Gasteiger partial charge on any atom is 0.245 e. The van der Waals surface area contributed by atoms with E-state index in [2.05, 4.69) is 30.9 Å². The number of anilines is 1. The van der Waals surface area contributed by atoms with E-state index >= 15 is 0 Å². The van der Waals surface area contributed by atoms with Crippen molar-refractivity contribution in [2.24, 2.45) is 5.73 Å². The first-order chi connectivity index (χ1) is 9.04. The van der Waals surface area contributed by atoms with Gasteiger partial charge in [-0.25, -0.2) is 0 Å². The van der Waals surface area contributed by atoms with Gasteiger partial charge in [0, 0.05) is 25.3 Å². The number of hydrogen-bond acceptors (Lipinski definition) is 3. The van der Waals surface area contributed by atoms with Gasteiger partial charge in [0.15, 0.2) is 0 Å². The van der Waals surface area contributed by atoms with Gasteiger partial charge in [0.05, 0.1) is 0 Å². The van der Waals surface area contributed by atoms with Gasteiger partial charge >= 0.3 is 0 Å². The van der Waals surface area contributed by atoms with Crippen LogP contribution < -0.4 is 10.6 Å². The molecule has 1 aliphatic rings. The van der Waals surface area contributed by atoms with E-state index in [1.165, 1.54) is 5.56 Å². The van der Waals surface area contributed by atoms with Crippen LogP contribution in [0.5, 0.6) is 0 Å². The number of benzene rings is 1. The number of hydrogen-bond donors (Lipinski definition) is 1. The average molecular weight is 261 g/mol. The van der Waals surface area contributed by atoms with Crippen molar-refractivity contribution >= 4 is 11.6 Å². The zero-order chi connectivity index (χ0) is 14.0. The lowest BCUT2D eigenvalue weighted by atomic mass is 10.1. The molecule has 1 aromatic rings. The maximum atomic E-state index is 12.6. The molecule has 1 heterocycles. The van der Waals surface area contributed by atoms with Crippen LogP contribution in [0.3, 0.4) is 0 Å². The third-order valence-electron chi connectivity index (χ3n) is 3.84. The topological polar surface area (TPSA) is 49.6 Å². The van der Waals surface area contributed by atoms with E-state index in [1.54, 1.807) is 0 Å². The van der Waals surface area contributed by atoms with Gasteiger partial charge in [0.2, 0.25) is 5.91 Å². The zero-order valence-electron chi connectivity index (χ0n) is 12.0. The minimum absolute atomic E-state index is 0.120. The summed E-state index contributed by atoms with van der Waals surface area (Å²) in [7, 11) is 1.97. The second kappa shape index (κ2) is 5.72. The summed E-state index contributed by atoms with van der Waals surface area (Å²) in [5.74, 6) is 0.120. The number of carbonyl (C=O) groups is 1. The number of amides is 1. The molecule has 1 unspecified atom stereocenters. The number of carbonyl (C=O) groups excluding carboxylic acids is 1. The molecule has 2 rings (SSSR count). The Morgan fingerprint density at radius 2 is 2.05 bits per heavy atom. The molecule has 4 heteroatoms. The lowest BCUT2D eigenvalue weighted by Gasteiger charge is -2.28. The number of aryl methyl sites for hydroxylation is 2. The second-order valence-corrected chi connectivity index (χ2v) is 5.37. The van der Waals surface area contributed by atoms with Crippen LogP contribution in [0.1, 0.15) is 17.5 Å². The standard InChI is InChI=1S/C15H23N3O/c1-11-5-6-13(12(2)9-11)18-8-4-7-17(3)14(10-16)15(18)19/h5-6,9,14H,4,7-8,10,16H2,1-3H3. The van der Waals surface area contributed by atoms with Crippen molar-refractivity contribution in [3.8, 4) is 0 Å². The molecule has 1 fully saturated rings. The van der Waals surface area contributed by atoms with Crippen molar-refractivity contribution in [2.75, 3.05) is 31.6 Å². The van der Waals surface area contributed by atoms with Crippen molar-refractivity contribution in [2.45, 2.75) is 26.3 Å². The minimum atomic E-state index is -0.205. The first kappa shape index (κ1) is 14.0. The van der Waals surface area contributed by atoms with Gasteiger partial charge in [-0.05, 0) is 38.9 Å². The smallest absolute Gasteiger partial charge is 0.245 e. The molecule has 0 saturated carbocycles. The summed E-state index contributed by atoms with van der Waals surface area (Å²) in [6, 6.07) is 6.01. The SMILES string of the molecule is Cc1ccc(N2CCCN(C)C(CN)C2=O)c(C)c1. The van der Waals surface area contributed by atoms with Crippen molar-refractivity contribution in [1.29, 1.82) is 0 Å². The van der Waals surface area contributed by atoms with E-state index in [0.29, 0.717) is 6.54 Å². The third kappa shape index (κ3) is 2.80. The largest absolute Gasteiger partial charge is 0.328 e. The number of nitrogens with zero attached hydrogens (tertiary/aromatic N) is 2. The van der Waals surface area contributed by atoms with Crippen LogP contribution in [0.2, 0.25) is 0 Å². The Hall–Kier alpha value is -1.39. The number of likely N-dealkylation sites (N-methyl/N-ethyl adjacent to an activating group) is 1. The summed E-state index contributed by atoms with van der Waals surface area (Å²) < 4.78 is 0. The van der Waals surface area contributed by atoms with E-state index in [4.69, 9.17) is 5.73 Å². The molecule has 0 radical (unpaired) electrons. The molecule has 1 atom stereocenters. The Bertz CT molecular complexity index is 472. The van der Waals surface area contributed by atoms with Gasteiger partial charge in [-0.2, -0.15) is 0 Å². The third-order valence-corrected chi connectivity index (χ3v) is 3.84. The number of nitrogens with two attached hydrogens (primary N) is 1. The fourth-order valence-corrected chi connectivity index (χ4v) is 2.74. The highest BCUT2D eigenvalue weighted by molar-refractivity contribution is 5.98. The Morgan fingerprint density at radius 1 is 1.32 bits per heavy atom. The lowest BCUT2D eigenvalue weighted by molar-refractivity contribution is -0.122. The maximum absolute atomic E-state index is 12.6. The van der Waals surface area contributed by atoms with Gasteiger partial charge in [0.25, 0.3) is 0 Å². The van der Waals surface area contributed by atoms with Crippen molar-refractivity contribution < 1.29 is 4.79 Å². The van der Waals surface area contributed by atoms with Gasteiger partial charge in [-0.15, -0.1) is 0 Å². The van der Waals surface area contributed by atoms with Gasteiger partial charge < -0.3 is 10.6 Å². The van der Waals surface area contributed by atoms with Crippen LogP contribution in [-0.4, -0.2) is 43.5 Å². The highest BCUT2D eigenvalue weighted by atomic mass is 16.2. The Morgan fingerprint density at radius 3 is 2.68 bits per heavy atom. The van der Waals surface area contributed by atoms with Crippen LogP contribution in [0.25, 0.3) is 0 Å². The first-order valence-corrected chi connectivity index (χ1v) is 6.83. The summed E-state index contributed by atoms with van der Waals surface area (Å²) >= 11 is 0. The number of rotatable bonds is 2. The molecule has 1 amide bonds. The molecular formula is C15H23N3O. The fraction of sp³-hybridized carbons (Fsp3) is 0.533.